The van der Waals surface area contributed by atoms with E-state index >= 15 is 0 Å². The Hall–Kier alpha value is -2.87. The fourth-order valence-corrected chi connectivity index (χ4v) is 2.05. The lowest BCUT2D eigenvalue weighted by atomic mass is 9.92. The molecule has 0 fully saturated rings. The minimum absolute atomic E-state index is 0.0806. The van der Waals surface area contributed by atoms with Crippen molar-refractivity contribution >= 4 is 25.3 Å². The highest BCUT2D eigenvalue weighted by Gasteiger charge is 2.13. The summed E-state index contributed by atoms with van der Waals surface area (Å²) in [6, 6.07) is 13.2. The van der Waals surface area contributed by atoms with Gasteiger partial charge in [0.1, 0.15) is 19.5 Å². The predicted octanol–water partition coefficient (Wildman–Crippen LogP) is 1.12. The van der Waals surface area contributed by atoms with Crippen molar-refractivity contribution in [2.24, 2.45) is 0 Å². The molecule has 1 amide bonds. The number of benzene rings is 1. The number of amides is 1. The van der Waals surface area contributed by atoms with E-state index in [2.05, 4.69) is 10.3 Å². The highest BCUT2D eigenvalue weighted by Crippen LogP contribution is 2.12. The molecule has 0 saturated heterocycles. The molecule has 0 saturated carbocycles. The topological polar surface area (TPSA) is 65.8 Å². The van der Waals surface area contributed by atoms with Gasteiger partial charge in [0.25, 0.3) is 5.91 Å². The van der Waals surface area contributed by atoms with Crippen LogP contribution in [0.4, 0.5) is 0 Å². The third-order valence-electron chi connectivity index (χ3n) is 3.38. The van der Waals surface area contributed by atoms with E-state index in [0.717, 1.165) is 16.6 Å². The van der Waals surface area contributed by atoms with E-state index in [1.807, 2.05) is 51.2 Å². The zero-order valence-corrected chi connectivity index (χ0v) is 12.6. The van der Waals surface area contributed by atoms with Crippen LogP contribution in [0.25, 0.3) is 6.08 Å². The van der Waals surface area contributed by atoms with Crippen LogP contribution in [0.3, 0.4) is 0 Å². The summed E-state index contributed by atoms with van der Waals surface area (Å²) >= 11 is 0. The van der Waals surface area contributed by atoms with Crippen LogP contribution in [-0.4, -0.2) is 18.7 Å². The number of nitriles is 1. The van der Waals surface area contributed by atoms with E-state index in [1.54, 1.807) is 24.5 Å². The number of aromatic nitrogens is 1. The molecule has 1 heterocycles. The standard InChI is InChI=1S/C17H16BN3O/c1-12(13-5-3-2-4-6-13)21-17(22)15(10-19)9-14-7-8-20-11-16(14)18/h2-9,11-12H,18H2,1H3,(H,21,22)/b15-9+/t12-/m0/s1. The third kappa shape index (κ3) is 3.83. The Bertz CT molecular complexity index is 735. The van der Waals surface area contributed by atoms with Gasteiger partial charge in [0.05, 0.1) is 6.04 Å². The van der Waals surface area contributed by atoms with Crippen LogP contribution < -0.4 is 10.8 Å². The summed E-state index contributed by atoms with van der Waals surface area (Å²) in [6.45, 7) is 1.89. The van der Waals surface area contributed by atoms with Crippen LogP contribution >= 0.6 is 0 Å². The second-order valence-corrected chi connectivity index (χ2v) is 5.01. The average Bonchev–Trinajstić information content (AvgIpc) is 2.54. The Kier molecular flexibility index (Phi) is 5.10. The zero-order valence-electron chi connectivity index (χ0n) is 12.6. The minimum atomic E-state index is -0.380. The lowest BCUT2D eigenvalue weighted by Crippen LogP contribution is -2.27. The highest BCUT2D eigenvalue weighted by atomic mass is 16.1. The van der Waals surface area contributed by atoms with Gasteiger partial charge in [-0.15, -0.1) is 0 Å². The van der Waals surface area contributed by atoms with Crippen LogP contribution in [0.2, 0.25) is 0 Å². The molecular weight excluding hydrogens is 273 g/mol. The van der Waals surface area contributed by atoms with E-state index in [9.17, 15) is 10.1 Å². The van der Waals surface area contributed by atoms with E-state index in [4.69, 9.17) is 0 Å². The van der Waals surface area contributed by atoms with Gasteiger partial charge in [-0.25, -0.2) is 0 Å². The Morgan fingerprint density at radius 1 is 1.36 bits per heavy atom. The number of rotatable bonds is 4. The SMILES string of the molecule is Bc1cnccc1/C=C(\C#N)C(=O)N[C@@H](C)c1ccccc1. The van der Waals surface area contributed by atoms with Crippen LogP contribution in [-0.2, 0) is 4.79 Å². The van der Waals surface area contributed by atoms with Crippen molar-refractivity contribution in [3.05, 3.63) is 65.5 Å². The zero-order chi connectivity index (χ0) is 15.9. The van der Waals surface area contributed by atoms with Gasteiger partial charge in [-0.3, -0.25) is 9.78 Å². The van der Waals surface area contributed by atoms with Crippen LogP contribution in [0, 0.1) is 11.3 Å². The molecule has 1 aromatic carbocycles. The molecule has 0 bridgehead atoms. The molecule has 0 aliphatic carbocycles. The summed E-state index contributed by atoms with van der Waals surface area (Å²) in [7, 11) is 1.89. The molecule has 0 radical (unpaired) electrons. The van der Waals surface area contributed by atoms with Crippen molar-refractivity contribution in [1.29, 1.82) is 5.26 Å². The van der Waals surface area contributed by atoms with Gasteiger partial charge in [0.2, 0.25) is 0 Å². The van der Waals surface area contributed by atoms with Gasteiger partial charge in [-0.2, -0.15) is 5.26 Å². The van der Waals surface area contributed by atoms with Gasteiger partial charge < -0.3 is 5.32 Å². The number of carbonyl (C=O) groups is 1. The first-order valence-corrected chi connectivity index (χ1v) is 7.00. The first kappa shape index (κ1) is 15.5. The normalized spacial score (nSPS) is 12.3. The number of pyridine rings is 1. The fraction of sp³-hybridized carbons (Fsp3) is 0.118. The molecule has 0 spiro atoms. The first-order chi connectivity index (χ1) is 10.6. The van der Waals surface area contributed by atoms with Crippen molar-refractivity contribution in [2.75, 3.05) is 0 Å². The van der Waals surface area contributed by atoms with Crippen LogP contribution in [0.15, 0.2) is 54.4 Å². The predicted molar refractivity (Wildman–Crippen MR) is 89.0 cm³/mol. The molecule has 1 N–H and O–H groups in total. The lowest BCUT2D eigenvalue weighted by molar-refractivity contribution is -0.117. The average molecular weight is 289 g/mol. The third-order valence-corrected chi connectivity index (χ3v) is 3.38. The molecule has 1 aromatic heterocycles. The monoisotopic (exact) mass is 289 g/mol. The Balaban J connectivity index is 2.17. The second kappa shape index (κ2) is 7.23. The quantitative estimate of drug-likeness (QED) is 0.521. The van der Waals surface area contributed by atoms with Crippen molar-refractivity contribution in [2.45, 2.75) is 13.0 Å². The smallest absolute Gasteiger partial charge is 0.262 e. The van der Waals surface area contributed by atoms with Crippen LogP contribution in [0.1, 0.15) is 24.1 Å². The summed E-state index contributed by atoms with van der Waals surface area (Å²) in [4.78, 5) is 16.3. The Labute approximate surface area is 130 Å². The molecule has 5 heteroatoms. The maximum absolute atomic E-state index is 12.3. The summed E-state index contributed by atoms with van der Waals surface area (Å²) in [6.07, 6.45) is 4.92. The maximum atomic E-state index is 12.3. The number of carbonyl (C=O) groups excluding carboxylic acids is 1. The van der Waals surface area contributed by atoms with E-state index in [-0.39, 0.29) is 17.5 Å². The lowest BCUT2D eigenvalue weighted by Gasteiger charge is -2.13. The molecule has 2 rings (SSSR count). The summed E-state index contributed by atoms with van der Waals surface area (Å²) in [5.74, 6) is -0.380. The molecule has 108 valence electrons. The highest BCUT2D eigenvalue weighted by molar-refractivity contribution is 6.34. The number of nitrogens with zero attached hydrogens (tertiary/aromatic N) is 2. The molecule has 0 unspecified atom stereocenters. The summed E-state index contributed by atoms with van der Waals surface area (Å²) < 4.78 is 0. The molecule has 22 heavy (non-hydrogen) atoms. The van der Waals surface area contributed by atoms with E-state index in [1.165, 1.54) is 0 Å². The molecular formula is C17H16BN3O. The van der Waals surface area contributed by atoms with Gasteiger partial charge in [0.15, 0.2) is 0 Å². The van der Waals surface area contributed by atoms with Crippen molar-refractivity contribution in [3.63, 3.8) is 0 Å². The van der Waals surface area contributed by atoms with E-state index < -0.39 is 0 Å². The molecule has 0 aliphatic heterocycles. The number of nitrogens with one attached hydrogen (secondary N) is 1. The number of hydrogen-bond donors (Lipinski definition) is 1. The van der Waals surface area contributed by atoms with Crippen molar-refractivity contribution in [1.82, 2.24) is 10.3 Å². The fourth-order valence-electron chi connectivity index (χ4n) is 2.05. The van der Waals surface area contributed by atoms with Gasteiger partial charge in [-0.05, 0) is 30.2 Å². The summed E-state index contributed by atoms with van der Waals surface area (Å²) in [5.41, 5.74) is 2.80. The first-order valence-electron chi connectivity index (χ1n) is 7.00. The Morgan fingerprint density at radius 3 is 2.73 bits per heavy atom. The van der Waals surface area contributed by atoms with Crippen molar-refractivity contribution in [3.8, 4) is 6.07 Å². The summed E-state index contributed by atoms with van der Waals surface area (Å²) in [5, 5.41) is 12.1. The van der Waals surface area contributed by atoms with Gasteiger partial charge in [0, 0.05) is 12.4 Å². The Morgan fingerprint density at radius 2 is 2.09 bits per heavy atom. The molecule has 1 atom stereocenters. The minimum Gasteiger partial charge on any atom is -0.345 e. The van der Waals surface area contributed by atoms with E-state index in [0.29, 0.717) is 0 Å². The maximum Gasteiger partial charge on any atom is 0.262 e. The second-order valence-electron chi connectivity index (χ2n) is 5.01. The molecule has 0 aliphatic rings. The molecule has 4 nitrogen and oxygen atoms in total. The van der Waals surface area contributed by atoms with Gasteiger partial charge in [-0.1, -0.05) is 35.8 Å². The largest absolute Gasteiger partial charge is 0.345 e. The van der Waals surface area contributed by atoms with Crippen molar-refractivity contribution < 1.29 is 4.79 Å². The van der Waals surface area contributed by atoms with Crippen LogP contribution in [0.5, 0.6) is 0 Å². The number of hydrogen-bond acceptors (Lipinski definition) is 3. The molecule has 2 aromatic rings. The van der Waals surface area contributed by atoms with Gasteiger partial charge >= 0.3 is 0 Å².